The van der Waals surface area contributed by atoms with Gasteiger partial charge in [-0.05, 0) is 39.0 Å². The largest absolute Gasteiger partial charge is 0.470 e. The zero-order valence-electron chi connectivity index (χ0n) is 18.1. The van der Waals surface area contributed by atoms with Crippen LogP contribution in [0.2, 0.25) is 0 Å². The van der Waals surface area contributed by atoms with Gasteiger partial charge in [-0.25, -0.2) is 4.57 Å². The van der Waals surface area contributed by atoms with Crippen molar-refractivity contribution >= 4 is 37.1 Å². The van der Waals surface area contributed by atoms with Gasteiger partial charge in [0.1, 0.15) is 29.9 Å². The Morgan fingerprint density at radius 1 is 1.39 bits per heavy atom. The molecule has 0 saturated carbocycles. The van der Waals surface area contributed by atoms with Crippen LogP contribution in [0.1, 0.15) is 33.1 Å². The Labute approximate surface area is 192 Å². The van der Waals surface area contributed by atoms with E-state index in [1.165, 1.54) is 0 Å². The highest BCUT2D eigenvalue weighted by Crippen LogP contribution is 2.43. The number of carbonyl (C=O) groups is 1. The minimum absolute atomic E-state index is 0.238. The van der Waals surface area contributed by atoms with Crippen LogP contribution in [0.25, 0.3) is 0 Å². The second-order valence-corrected chi connectivity index (χ2v) is 11.1. The van der Waals surface area contributed by atoms with E-state index in [1.54, 1.807) is 13.2 Å². The number of carbonyl (C=O) groups excluding carboxylic acids is 1. The normalized spacial score (nSPS) is 36.9. The van der Waals surface area contributed by atoms with Crippen molar-refractivity contribution in [2.75, 3.05) is 19.8 Å². The fourth-order valence-corrected chi connectivity index (χ4v) is 5.93. The van der Waals surface area contributed by atoms with Crippen molar-refractivity contribution in [1.82, 2.24) is 10.2 Å². The number of likely N-dealkylation sites (N-methyl/N-ethyl adjacent to an activating group) is 1. The second kappa shape index (κ2) is 11.5. The number of aliphatic hydroxyl groups excluding tert-OH is 2. The third-order valence-electron chi connectivity index (χ3n) is 5.87. The van der Waals surface area contributed by atoms with Gasteiger partial charge in [0.15, 0.2) is 0 Å². The Hall–Kier alpha value is 0.0600. The second-order valence-electron chi connectivity index (χ2n) is 8.30. The number of halogens is 1. The van der Waals surface area contributed by atoms with Gasteiger partial charge in [0.25, 0.3) is 0 Å². The van der Waals surface area contributed by atoms with E-state index in [9.17, 15) is 19.6 Å². The predicted molar refractivity (Wildman–Crippen MR) is 118 cm³/mol. The molecular weight excluding hydrogens is 471 g/mol. The van der Waals surface area contributed by atoms with Crippen molar-refractivity contribution in [3.05, 3.63) is 0 Å². The highest BCUT2D eigenvalue weighted by Gasteiger charge is 2.51. The third kappa shape index (κ3) is 7.02. The summed E-state index contributed by atoms with van der Waals surface area (Å²) in [6, 6.07) is -1.18. The molecule has 2 aliphatic heterocycles. The predicted octanol–water partition coefficient (Wildman–Crippen LogP) is 0.507. The zero-order chi connectivity index (χ0) is 23.5. The lowest BCUT2D eigenvalue weighted by atomic mass is 9.92. The molecule has 2 saturated heterocycles. The lowest BCUT2D eigenvalue weighted by Gasteiger charge is -2.45. The number of phosphoric ester groups is 1. The van der Waals surface area contributed by atoms with E-state index in [2.05, 4.69) is 16.8 Å². The molecule has 2 rings (SSSR count). The van der Waals surface area contributed by atoms with Crippen molar-refractivity contribution < 1.29 is 38.6 Å². The van der Waals surface area contributed by atoms with E-state index >= 15 is 0 Å². The molecule has 13 heteroatoms. The molecule has 0 radical (unpaired) electrons. The first-order chi connectivity index (χ1) is 14.4. The summed E-state index contributed by atoms with van der Waals surface area (Å²) in [5.41, 5.74) is -0.992. The molecular formula is C18H34ClN2O8PS. The van der Waals surface area contributed by atoms with Crippen LogP contribution >= 0.6 is 31.2 Å². The first-order valence-corrected chi connectivity index (χ1v) is 13.6. The summed E-state index contributed by atoms with van der Waals surface area (Å²) in [6.45, 7) is 4.57. The Morgan fingerprint density at radius 2 is 2.03 bits per heavy atom. The zero-order valence-corrected chi connectivity index (χ0v) is 20.6. The standard InChI is InChI=1S/C18H34ClN2O8PS/c1-5-6-10-7-11(21(3)8-10)17(24)20-12(9(2)19)15-13(22)14(23)16(18(28-15)31-4)29-30(25,26)27/h9-16,18,22-23H,5-8H2,1-4H3,(H,20,24)(H2,25,26,27)/t9?,10-,11+,12?,13?,14?,15?,16?,18?/m1/s1. The van der Waals surface area contributed by atoms with Gasteiger partial charge in [-0.2, -0.15) is 0 Å². The summed E-state index contributed by atoms with van der Waals surface area (Å²) >= 11 is 7.38. The molecule has 10 nitrogen and oxygen atoms in total. The van der Waals surface area contributed by atoms with Crippen molar-refractivity contribution in [2.45, 2.75) is 80.4 Å². The number of hydrogen-bond donors (Lipinski definition) is 5. The minimum Gasteiger partial charge on any atom is -0.388 e. The van der Waals surface area contributed by atoms with Gasteiger partial charge in [0.2, 0.25) is 5.91 Å². The number of likely N-dealkylation sites (tertiary alicyclic amines) is 1. The number of ether oxygens (including phenoxy) is 1. The maximum Gasteiger partial charge on any atom is 0.470 e. The molecule has 31 heavy (non-hydrogen) atoms. The molecule has 1 amide bonds. The van der Waals surface area contributed by atoms with Gasteiger partial charge in [-0.3, -0.25) is 14.2 Å². The third-order valence-corrected chi connectivity index (χ3v) is 7.50. The van der Waals surface area contributed by atoms with Crippen molar-refractivity contribution in [3.8, 4) is 0 Å². The van der Waals surface area contributed by atoms with E-state index in [0.717, 1.165) is 37.6 Å². The van der Waals surface area contributed by atoms with Gasteiger partial charge >= 0.3 is 7.82 Å². The smallest absolute Gasteiger partial charge is 0.388 e. The molecule has 0 bridgehead atoms. The number of hydrogen-bond acceptors (Lipinski definition) is 8. The van der Waals surface area contributed by atoms with E-state index in [-0.39, 0.29) is 11.9 Å². The molecule has 182 valence electrons. The van der Waals surface area contributed by atoms with E-state index < -0.39 is 49.1 Å². The number of nitrogens with zero attached hydrogens (tertiary/aromatic N) is 1. The first-order valence-electron chi connectivity index (χ1n) is 10.3. The number of phosphoric acid groups is 1. The number of alkyl halides is 1. The van der Waals surface area contributed by atoms with Crippen LogP contribution in [-0.2, 0) is 18.6 Å². The number of aliphatic hydroxyl groups is 2. The molecule has 2 aliphatic rings. The molecule has 5 N–H and O–H groups in total. The Bertz CT molecular complexity index is 654. The Morgan fingerprint density at radius 3 is 2.55 bits per heavy atom. The lowest BCUT2D eigenvalue weighted by Crippen LogP contribution is -2.65. The fraction of sp³-hybridized carbons (Fsp3) is 0.944. The monoisotopic (exact) mass is 504 g/mol. The average Bonchev–Trinajstić information content (AvgIpc) is 3.03. The average molecular weight is 505 g/mol. The van der Waals surface area contributed by atoms with Crippen molar-refractivity contribution in [1.29, 1.82) is 0 Å². The van der Waals surface area contributed by atoms with E-state index in [4.69, 9.17) is 26.1 Å². The van der Waals surface area contributed by atoms with Gasteiger partial charge in [-0.1, -0.05) is 13.3 Å². The van der Waals surface area contributed by atoms with Crippen LogP contribution in [0, 0.1) is 5.92 Å². The van der Waals surface area contributed by atoms with Crippen LogP contribution in [0.4, 0.5) is 0 Å². The van der Waals surface area contributed by atoms with Gasteiger partial charge < -0.3 is 30.1 Å². The molecule has 0 aromatic rings. The topological polar surface area (TPSA) is 149 Å². The van der Waals surface area contributed by atoms with Crippen molar-refractivity contribution in [2.24, 2.45) is 5.92 Å². The molecule has 7 unspecified atom stereocenters. The van der Waals surface area contributed by atoms with E-state index in [0.29, 0.717) is 5.92 Å². The van der Waals surface area contributed by atoms with Crippen molar-refractivity contribution in [3.63, 3.8) is 0 Å². The quantitative estimate of drug-likeness (QED) is 0.222. The summed E-state index contributed by atoms with van der Waals surface area (Å²) in [4.78, 5) is 33.3. The molecule has 0 aromatic carbocycles. The summed E-state index contributed by atoms with van der Waals surface area (Å²) < 4.78 is 21.7. The summed E-state index contributed by atoms with van der Waals surface area (Å²) in [7, 11) is -3.04. The molecule has 2 heterocycles. The van der Waals surface area contributed by atoms with Crippen LogP contribution in [0.3, 0.4) is 0 Å². The molecule has 0 aliphatic carbocycles. The number of thioether (sulfide) groups is 1. The molecule has 9 atom stereocenters. The number of nitrogens with one attached hydrogen (secondary N) is 1. The number of rotatable bonds is 9. The summed E-state index contributed by atoms with van der Waals surface area (Å²) in [5.74, 6) is 0.195. The van der Waals surface area contributed by atoms with Gasteiger partial charge in [0.05, 0.1) is 17.5 Å². The van der Waals surface area contributed by atoms with Crippen LogP contribution < -0.4 is 5.32 Å². The summed E-state index contributed by atoms with van der Waals surface area (Å²) in [5, 5.41) is 23.4. The highest BCUT2D eigenvalue weighted by atomic mass is 35.5. The van der Waals surface area contributed by atoms with E-state index in [1.807, 2.05) is 11.9 Å². The van der Waals surface area contributed by atoms with Gasteiger partial charge in [-0.15, -0.1) is 23.4 Å². The maximum absolute atomic E-state index is 13.0. The van der Waals surface area contributed by atoms with Gasteiger partial charge in [0, 0.05) is 6.54 Å². The van der Waals surface area contributed by atoms with Crippen LogP contribution in [0.5, 0.6) is 0 Å². The SMILES string of the molecule is CCC[C@@H]1C[C@@H](C(=O)NC(C(C)Cl)C2OC(SC)C(OP(=O)(O)O)C(O)C2O)N(C)C1. The molecule has 2 fully saturated rings. The minimum atomic E-state index is -4.93. The Kier molecular flexibility index (Phi) is 10.1. The fourth-order valence-electron chi connectivity index (χ4n) is 4.37. The van der Waals surface area contributed by atoms with Crippen LogP contribution in [-0.4, -0.2) is 98.0 Å². The highest BCUT2D eigenvalue weighted by molar-refractivity contribution is 7.99. The van der Waals surface area contributed by atoms with Crippen LogP contribution in [0.15, 0.2) is 0 Å². The molecule has 0 spiro atoms. The maximum atomic E-state index is 13.0. The first kappa shape index (κ1) is 27.3. The lowest BCUT2D eigenvalue weighted by molar-refractivity contribution is -0.201. The number of amides is 1. The summed E-state index contributed by atoms with van der Waals surface area (Å²) in [6.07, 6.45) is -1.37. The Balaban J connectivity index is 2.15. The molecule has 0 aromatic heterocycles.